The minimum absolute atomic E-state index is 0.334. The Hall–Kier alpha value is -3.52. The number of aromatic nitrogens is 1. The number of hydrogen-bond donors (Lipinski definition) is 3. The van der Waals surface area contributed by atoms with Crippen LogP contribution in [0, 0.1) is 0 Å². The third-order valence-electron chi connectivity index (χ3n) is 4.94. The van der Waals surface area contributed by atoms with Gasteiger partial charge in [-0.05, 0) is 29.8 Å². The van der Waals surface area contributed by atoms with Crippen molar-refractivity contribution in [1.29, 1.82) is 0 Å². The molecule has 1 aromatic heterocycles. The molecular formula is C21H19ClN4O4. The number of methoxy groups -OCH3 is 1. The highest BCUT2D eigenvalue weighted by atomic mass is 35.5. The molecule has 0 radical (unpaired) electrons. The molecular weight excluding hydrogens is 408 g/mol. The summed E-state index contributed by atoms with van der Waals surface area (Å²) in [5, 5.41) is 6.61. The molecule has 3 aromatic rings. The van der Waals surface area contributed by atoms with E-state index in [1.165, 1.54) is 13.2 Å². The van der Waals surface area contributed by atoms with Crippen LogP contribution in [-0.2, 0) is 16.0 Å². The number of benzene rings is 2. The lowest BCUT2D eigenvalue weighted by atomic mass is 10.1. The molecule has 8 nitrogen and oxygen atoms in total. The van der Waals surface area contributed by atoms with Crippen molar-refractivity contribution < 1.29 is 19.1 Å². The quantitative estimate of drug-likeness (QED) is 0.527. The number of aromatic amines is 1. The largest absolute Gasteiger partial charge is 0.495 e. The number of carbonyl (C=O) groups excluding carboxylic acids is 3. The second-order valence-corrected chi connectivity index (χ2v) is 7.29. The van der Waals surface area contributed by atoms with E-state index in [0.717, 1.165) is 21.4 Å². The summed E-state index contributed by atoms with van der Waals surface area (Å²) in [7, 11) is 1.49. The van der Waals surface area contributed by atoms with Gasteiger partial charge in [-0.1, -0.05) is 29.8 Å². The average molecular weight is 427 g/mol. The predicted octanol–water partition coefficient (Wildman–Crippen LogP) is 2.93. The molecule has 0 saturated carbocycles. The van der Waals surface area contributed by atoms with Crippen LogP contribution >= 0.6 is 11.6 Å². The Morgan fingerprint density at radius 1 is 1.23 bits per heavy atom. The fourth-order valence-corrected chi connectivity index (χ4v) is 3.73. The lowest BCUT2D eigenvalue weighted by Gasteiger charge is -2.13. The van der Waals surface area contributed by atoms with E-state index in [1.807, 2.05) is 30.5 Å². The number of amides is 4. The van der Waals surface area contributed by atoms with E-state index in [1.54, 1.807) is 12.1 Å². The Morgan fingerprint density at radius 2 is 2.03 bits per heavy atom. The van der Waals surface area contributed by atoms with Crippen LogP contribution in [0.3, 0.4) is 0 Å². The fourth-order valence-electron chi connectivity index (χ4n) is 3.47. The van der Waals surface area contributed by atoms with E-state index in [9.17, 15) is 14.4 Å². The van der Waals surface area contributed by atoms with E-state index in [4.69, 9.17) is 16.3 Å². The summed E-state index contributed by atoms with van der Waals surface area (Å²) in [5.41, 5.74) is 2.32. The molecule has 4 rings (SSSR count). The first kappa shape index (κ1) is 19.8. The highest BCUT2D eigenvalue weighted by molar-refractivity contribution is 6.32. The lowest BCUT2D eigenvalue weighted by molar-refractivity contribution is -0.130. The van der Waals surface area contributed by atoms with E-state index in [2.05, 4.69) is 15.6 Å². The van der Waals surface area contributed by atoms with E-state index in [0.29, 0.717) is 22.9 Å². The van der Waals surface area contributed by atoms with Crippen LogP contribution in [0.2, 0.25) is 5.02 Å². The zero-order valence-electron chi connectivity index (χ0n) is 16.1. The maximum absolute atomic E-state index is 12.7. The molecule has 2 aromatic carbocycles. The van der Waals surface area contributed by atoms with Crippen molar-refractivity contribution in [2.75, 3.05) is 19.0 Å². The number of rotatable bonds is 6. The standard InChI is InChI=1S/C21H19ClN4O4/c1-30-18-7-6-13(9-15(18)22)24-19(27)11-26-20(28)17(25-21(26)29)8-12-10-23-16-5-3-2-4-14(12)16/h2-7,9-10,17,23H,8,11H2,1H3,(H,24,27)(H,25,29). The first-order valence-electron chi connectivity index (χ1n) is 9.26. The second kappa shape index (κ2) is 8.08. The number of nitrogens with zero attached hydrogens (tertiary/aromatic N) is 1. The van der Waals surface area contributed by atoms with Gasteiger partial charge in [-0.25, -0.2) is 4.79 Å². The summed E-state index contributed by atoms with van der Waals surface area (Å²) in [4.78, 5) is 41.4. The normalized spacial score (nSPS) is 16.1. The molecule has 0 bridgehead atoms. The summed E-state index contributed by atoms with van der Waals surface area (Å²) in [6.45, 7) is -0.390. The van der Waals surface area contributed by atoms with Gasteiger partial charge in [0.15, 0.2) is 0 Å². The highest BCUT2D eigenvalue weighted by Crippen LogP contribution is 2.27. The molecule has 2 heterocycles. The van der Waals surface area contributed by atoms with Crippen LogP contribution in [-0.4, -0.2) is 47.4 Å². The number of nitrogens with one attached hydrogen (secondary N) is 3. The van der Waals surface area contributed by atoms with Gasteiger partial charge in [-0.2, -0.15) is 0 Å². The van der Waals surface area contributed by atoms with Gasteiger partial charge >= 0.3 is 6.03 Å². The van der Waals surface area contributed by atoms with Gasteiger partial charge in [-0.15, -0.1) is 0 Å². The number of fused-ring (bicyclic) bond motifs is 1. The number of halogens is 1. The number of ether oxygens (including phenoxy) is 1. The van der Waals surface area contributed by atoms with E-state index < -0.39 is 30.4 Å². The molecule has 1 unspecified atom stereocenters. The second-order valence-electron chi connectivity index (χ2n) is 6.89. The average Bonchev–Trinajstić information content (AvgIpc) is 3.25. The summed E-state index contributed by atoms with van der Waals surface area (Å²) in [6.07, 6.45) is 2.16. The van der Waals surface area contributed by atoms with E-state index >= 15 is 0 Å². The van der Waals surface area contributed by atoms with E-state index in [-0.39, 0.29) is 0 Å². The number of para-hydroxylation sites is 1. The Kier molecular flexibility index (Phi) is 5.33. The zero-order valence-corrected chi connectivity index (χ0v) is 16.8. The van der Waals surface area contributed by atoms with Crippen LogP contribution < -0.4 is 15.4 Å². The van der Waals surface area contributed by atoms with Gasteiger partial charge < -0.3 is 20.4 Å². The van der Waals surface area contributed by atoms with Gasteiger partial charge in [0.05, 0.1) is 12.1 Å². The van der Waals surface area contributed by atoms with Crippen LogP contribution in [0.5, 0.6) is 5.75 Å². The SMILES string of the molecule is COc1ccc(NC(=O)CN2C(=O)NC(Cc3c[nH]c4ccccc34)C2=O)cc1Cl. The van der Waals surface area contributed by atoms with Gasteiger partial charge in [0.25, 0.3) is 5.91 Å². The van der Waals surface area contributed by atoms with Crippen molar-refractivity contribution >= 4 is 46.0 Å². The molecule has 1 aliphatic rings. The zero-order chi connectivity index (χ0) is 21.3. The summed E-state index contributed by atoms with van der Waals surface area (Å²) >= 11 is 6.05. The summed E-state index contributed by atoms with van der Waals surface area (Å²) < 4.78 is 5.07. The molecule has 30 heavy (non-hydrogen) atoms. The van der Waals surface area contributed by atoms with Crippen molar-refractivity contribution in [3.8, 4) is 5.75 Å². The lowest BCUT2D eigenvalue weighted by Crippen LogP contribution is -2.38. The molecule has 9 heteroatoms. The number of H-pyrrole nitrogens is 1. The maximum atomic E-state index is 12.7. The molecule has 4 amide bonds. The van der Waals surface area contributed by atoms with Crippen LogP contribution in [0.4, 0.5) is 10.5 Å². The number of carbonyl (C=O) groups is 3. The van der Waals surface area contributed by atoms with Crippen LogP contribution in [0.1, 0.15) is 5.56 Å². The monoisotopic (exact) mass is 426 g/mol. The van der Waals surface area contributed by atoms with Crippen molar-refractivity contribution in [3.63, 3.8) is 0 Å². The highest BCUT2D eigenvalue weighted by Gasteiger charge is 2.39. The van der Waals surface area contributed by atoms with Crippen LogP contribution in [0.25, 0.3) is 10.9 Å². The molecule has 1 saturated heterocycles. The third kappa shape index (κ3) is 3.81. The molecule has 3 N–H and O–H groups in total. The molecule has 1 aliphatic heterocycles. The van der Waals surface area contributed by atoms with Gasteiger partial charge in [0.1, 0.15) is 18.3 Å². The molecule has 1 atom stereocenters. The molecule has 0 spiro atoms. The third-order valence-corrected chi connectivity index (χ3v) is 5.24. The van der Waals surface area contributed by atoms with Crippen molar-refractivity contribution in [2.45, 2.75) is 12.5 Å². The van der Waals surface area contributed by atoms with Crippen LogP contribution in [0.15, 0.2) is 48.7 Å². The Morgan fingerprint density at radius 3 is 2.80 bits per heavy atom. The number of hydrogen-bond acceptors (Lipinski definition) is 4. The Labute approximate surface area is 177 Å². The number of imide groups is 1. The summed E-state index contributed by atoms with van der Waals surface area (Å²) in [6, 6.07) is 11.2. The maximum Gasteiger partial charge on any atom is 0.325 e. The summed E-state index contributed by atoms with van der Waals surface area (Å²) in [5.74, 6) is -0.468. The minimum atomic E-state index is -0.722. The molecule has 154 valence electrons. The first-order valence-corrected chi connectivity index (χ1v) is 9.64. The Balaban J connectivity index is 1.41. The van der Waals surface area contributed by atoms with Gasteiger partial charge in [0, 0.05) is 29.2 Å². The smallest absolute Gasteiger partial charge is 0.325 e. The number of urea groups is 1. The van der Waals surface area contributed by atoms with Crippen molar-refractivity contribution in [2.24, 2.45) is 0 Å². The molecule has 1 fully saturated rings. The fraction of sp³-hybridized carbons (Fsp3) is 0.190. The predicted molar refractivity (Wildman–Crippen MR) is 113 cm³/mol. The topological polar surface area (TPSA) is 104 Å². The Bertz CT molecular complexity index is 1140. The first-order chi connectivity index (χ1) is 14.5. The minimum Gasteiger partial charge on any atom is -0.495 e. The van der Waals surface area contributed by atoms with Crippen molar-refractivity contribution in [1.82, 2.24) is 15.2 Å². The number of anilines is 1. The van der Waals surface area contributed by atoms with Gasteiger partial charge in [0.2, 0.25) is 5.91 Å². The molecule has 0 aliphatic carbocycles. The van der Waals surface area contributed by atoms with Gasteiger partial charge in [-0.3, -0.25) is 14.5 Å². The van der Waals surface area contributed by atoms with Crippen molar-refractivity contribution in [3.05, 3.63) is 59.2 Å².